The molecule has 2 heteroatoms. The van der Waals surface area contributed by atoms with Crippen LogP contribution < -0.4 is 0 Å². The van der Waals surface area contributed by atoms with E-state index in [-0.39, 0.29) is 11.7 Å². The molecule has 0 bridgehead atoms. The van der Waals surface area contributed by atoms with E-state index in [1.807, 2.05) is 0 Å². The van der Waals surface area contributed by atoms with Crippen LogP contribution in [-0.4, -0.2) is 6.10 Å². The van der Waals surface area contributed by atoms with Crippen molar-refractivity contribution in [1.82, 2.24) is 0 Å². The molecule has 1 unspecified atom stereocenters. The topological polar surface area (TPSA) is 9.23 Å². The zero-order valence-electron chi connectivity index (χ0n) is 14.2. The summed E-state index contributed by atoms with van der Waals surface area (Å²) < 4.78 is 7.37. The summed E-state index contributed by atoms with van der Waals surface area (Å²) in [5, 5.41) is 5.06. The Bertz CT molecular complexity index is 851. The Hall–Kier alpha value is -1.38. The number of benzene rings is 3. The SMILES string of the molecule is CCC(C)OC(C)(C)c1cc(Br)c2c(ccc3ccccc32)c1. The fraction of sp³-hybridized carbons (Fsp3) is 0.333. The molecule has 0 aromatic heterocycles. The first-order chi connectivity index (χ1) is 10.9. The fourth-order valence-corrected chi connectivity index (χ4v) is 3.78. The average molecular weight is 371 g/mol. The van der Waals surface area contributed by atoms with Crippen molar-refractivity contribution in [2.75, 3.05) is 0 Å². The van der Waals surface area contributed by atoms with Crippen LogP contribution in [0.2, 0.25) is 0 Å². The molecule has 0 spiro atoms. The van der Waals surface area contributed by atoms with Gasteiger partial charge in [0, 0.05) is 9.86 Å². The van der Waals surface area contributed by atoms with Crippen LogP contribution >= 0.6 is 15.9 Å². The second-order valence-corrected chi connectivity index (χ2v) is 7.54. The zero-order chi connectivity index (χ0) is 16.6. The van der Waals surface area contributed by atoms with Crippen molar-refractivity contribution in [1.29, 1.82) is 0 Å². The van der Waals surface area contributed by atoms with Gasteiger partial charge >= 0.3 is 0 Å². The maximum absolute atomic E-state index is 6.24. The van der Waals surface area contributed by atoms with E-state index in [4.69, 9.17) is 4.74 Å². The van der Waals surface area contributed by atoms with Gasteiger partial charge in [0.2, 0.25) is 0 Å². The van der Waals surface area contributed by atoms with Gasteiger partial charge in [0.25, 0.3) is 0 Å². The Morgan fingerprint density at radius 2 is 1.74 bits per heavy atom. The lowest BCUT2D eigenvalue weighted by atomic mass is 9.93. The first-order valence-corrected chi connectivity index (χ1v) is 9.01. The van der Waals surface area contributed by atoms with Crippen molar-refractivity contribution in [3.63, 3.8) is 0 Å². The molecule has 1 nitrogen and oxygen atoms in total. The maximum Gasteiger partial charge on any atom is 0.0879 e. The lowest BCUT2D eigenvalue weighted by Crippen LogP contribution is -2.26. The van der Waals surface area contributed by atoms with Crippen LogP contribution in [0.5, 0.6) is 0 Å². The molecule has 0 aliphatic carbocycles. The van der Waals surface area contributed by atoms with Gasteiger partial charge in [-0.3, -0.25) is 0 Å². The molecule has 120 valence electrons. The lowest BCUT2D eigenvalue weighted by molar-refractivity contribution is -0.0691. The number of hydrogen-bond acceptors (Lipinski definition) is 1. The van der Waals surface area contributed by atoms with Gasteiger partial charge in [-0.15, -0.1) is 0 Å². The molecule has 3 aromatic carbocycles. The Kier molecular flexibility index (Phi) is 4.48. The van der Waals surface area contributed by atoms with Crippen LogP contribution in [0.1, 0.15) is 39.7 Å². The van der Waals surface area contributed by atoms with Crippen molar-refractivity contribution in [3.8, 4) is 0 Å². The monoisotopic (exact) mass is 370 g/mol. The summed E-state index contributed by atoms with van der Waals surface area (Å²) >= 11 is 3.79. The van der Waals surface area contributed by atoms with E-state index in [1.165, 1.54) is 27.1 Å². The Labute approximate surface area is 146 Å². The molecule has 0 saturated carbocycles. The second-order valence-electron chi connectivity index (χ2n) is 6.69. The molecular formula is C21H23BrO. The highest BCUT2D eigenvalue weighted by Gasteiger charge is 2.24. The van der Waals surface area contributed by atoms with Crippen LogP contribution in [0.4, 0.5) is 0 Å². The summed E-state index contributed by atoms with van der Waals surface area (Å²) in [4.78, 5) is 0. The van der Waals surface area contributed by atoms with Gasteiger partial charge in [-0.2, -0.15) is 0 Å². The molecule has 23 heavy (non-hydrogen) atoms. The van der Waals surface area contributed by atoms with Gasteiger partial charge in [-0.25, -0.2) is 0 Å². The van der Waals surface area contributed by atoms with Crippen LogP contribution in [0.25, 0.3) is 21.5 Å². The second kappa shape index (κ2) is 6.26. The van der Waals surface area contributed by atoms with Crippen LogP contribution in [0, 0.1) is 0 Å². The third-order valence-electron chi connectivity index (χ3n) is 4.56. The van der Waals surface area contributed by atoms with Gasteiger partial charge in [-0.05, 0) is 61.0 Å². The lowest BCUT2D eigenvalue weighted by Gasteiger charge is -2.30. The summed E-state index contributed by atoms with van der Waals surface area (Å²) in [7, 11) is 0. The van der Waals surface area contributed by atoms with E-state index in [0.717, 1.165) is 10.9 Å². The van der Waals surface area contributed by atoms with Gasteiger partial charge in [0.15, 0.2) is 0 Å². The zero-order valence-corrected chi connectivity index (χ0v) is 15.8. The smallest absolute Gasteiger partial charge is 0.0879 e. The average Bonchev–Trinajstić information content (AvgIpc) is 2.53. The Morgan fingerprint density at radius 3 is 2.48 bits per heavy atom. The molecule has 0 heterocycles. The first kappa shape index (κ1) is 16.5. The fourth-order valence-electron chi connectivity index (χ4n) is 3.10. The Balaban J connectivity index is 2.17. The largest absolute Gasteiger partial charge is 0.368 e. The van der Waals surface area contributed by atoms with E-state index in [2.05, 4.69) is 92.2 Å². The van der Waals surface area contributed by atoms with Crippen LogP contribution in [0.3, 0.4) is 0 Å². The van der Waals surface area contributed by atoms with Crippen LogP contribution in [0.15, 0.2) is 53.0 Å². The highest BCUT2D eigenvalue weighted by atomic mass is 79.9. The molecular weight excluding hydrogens is 348 g/mol. The number of ether oxygens (including phenoxy) is 1. The maximum atomic E-state index is 6.24. The van der Waals surface area contributed by atoms with Crippen molar-refractivity contribution in [3.05, 3.63) is 58.6 Å². The molecule has 0 saturated heterocycles. The van der Waals surface area contributed by atoms with E-state index in [9.17, 15) is 0 Å². The van der Waals surface area contributed by atoms with Crippen molar-refractivity contribution in [2.24, 2.45) is 0 Å². The normalized spacial score (nSPS) is 13.6. The summed E-state index contributed by atoms with van der Waals surface area (Å²) in [5.41, 5.74) is 0.894. The minimum atomic E-state index is -0.308. The summed E-state index contributed by atoms with van der Waals surface area (Å²) in [5.74, 6) is 0. The van der Waals surface area contributed by atoms with Crippen molar-refractivity contribution >= 4 is 37.5 Å². The number of hydrogen-bond donors (Lipinski definition) is 0. The molecule has 0 aliphatic heterocycles. The van der Waals surface area contributed by atoms with Crippen molar-refractivity contribution < 1.29 is 4.74 Å². The highest BCUT2D eigenvalue weighted by molar-refractivity contribution is 9.10. The molecule has 3 rings (SSSR count). The predicted octanol–water partition coefficient (Wildman–Crippen LogP) is 6.81. The molecule has 1 atom stereocenters. The number of halogens is 1. The van der Waals surface area contributed by atoms with Gasteiger partial charge in [0.05, 0.1) is 11.7 Å². The standard InChI is InChI=1S/C21H23BrO/c1-5-14(2)23-21(3,4)17-12-16-11-10-15-8-6-7-9-18(15)20(16)19(22)13-17/h6-14H,5H2,1-4H3. The molecule has 0 amide bonds. The predicted molar refractivity (Wildman–Crippen MR) is 103 cm³/mol. The summed E-state index contributed by atoms with van der Waals surface area (Å²) in [6.45, 7) is 8.58. The minimum absolute atomic E-state index is 0.246. The van der Waals surface area contributed by atoms with E-state index in [0.29, 0.717) is 0 Å². The Morgan fingerprint density at radius 1 is 1.04 bits per heavy atom. The quantitative estimate of drug-likeness (QED) is 0.458. The molecule has 0 radical (unpaired) electrons. The minimum Gasteiger partial charge on any atom is -0.368 e. The van der Waals surface area contributed by atoms with E-state index >= 15 is 0 Å². The van der Waals surface area contributed by atoms with Gasteiger partial charge in [0.1, 0.15) is 0 Å². The summed E-state index contributed by atoms with van der Waals surface area (Å²) in [6, 6.07) is 17.4. The third kappa shape index (κ3) is 3.15. The van der Waals surface area contributed by atoms with Crippen molar-refractivity contribution in [2.45, 2.75) is 45.8 Å². The van der Waals surface area contributed by atoms with Gasteiger partial charge in [-0.1, -0.05) is 59.3 Å². The van der Waals surface area contributed by atoms with E-state index < -0.39 is 0 Å². The van der Waals surface area contributed by atoms with E-state index in [1.54, 1.807) is 0 Å². The molecule has 3 aromatic rings. The van der Waals surface area contributed by atoms with Crippen LogP contribution in [-0.2, 0) is 10.3 Å². The highest BCUT2D eigenvalue weighted by Crippen LogP contribution is 2.37. The number of fused-ring (bicyclic) bond motifs is 3. The molecule has 0 aliphatic rings. The summed E-state index contributed by atoms with van der Waals surface area (Å²) in [6.07, 6.45) is 1.26. The molecule has 0 fully saturated rings. The van der Waals surface area contributed by atoms with Gasteiger partial charge < -0.3 is 4.74 Å². The molecule has 0 N–H and O–H groups in total. The number of rotatable bonds is 4. The first-order valence-electron chi connectivity index (χ1n) is 8.21. The third-order valence-corrected chi connectivity index (χ3v) is 5.18.